The van der Waals surface area contributed by atoms with Crippen LogP contribution in [0.15, 0.2) is 24.3 Å². The smallest absolute Gasteiger partial charge is 0.317 e. The highest BCUT2D eigenvalue weighted by Gasteiger charge is 2.14. The van der Waals surface area contributed by atoms with E-state index >= 15 is 0 Å². The van der Waals surface area contributed by atoms with Gasteiger partial charge in [0.2, 0.25) is 0 Å². The van der Waals surface area contributed by atoms with E-state index in [0.29, 0.717) is 11.6 Å². The molecular formula is C17H27ClN4O. The Labute approximate surface area is 144 Å². The zero-order valence-corrected chi connectivity index (χ0v) is 14.9. The number of hydrogen-bond acceptors (Lipinski definition) is 3. The Morgan fingerprint density at radius 1 is 1.22 bits per heavy atom. The van der Waals surface area contributed by atoms with Gasteiger partial charge in [-0.2, -0.15) is 0 Å². The van der Waals surface area contributed by atoms with Crippen LogP contribution >= 0.6 is 11.6 Å². The third-order valence-corrected chi connectivity index (χ3v) is 4.52. The van der Waals surface area contributed by atoms with Crippen molar-refractivity contribution in [2.24, 2.45) is 0 Å². The number of benzene rings is 1. The van der Waals surface area contributed by atoms with E-state index in [2.05, 4.69) is 22.2 Å². The fraction of sp³-hybridized carbons (Fsp3) is 0.588. The minimum absolute atomic E-state index is 0.0293. The lowest BCUT2D eigenvalue weighted by Crippen LogP contribution is -2.45. The van der Waals surface area contributed by atoms with E-state index in [1.165, 1.54) is 0 Å². The van der Waals surface area contributed by atoms with Gasteiger partial charge >= 0.3 is 6.03 Å². The van der Waals surface area contributed by atoms with E-state index in [1.54, 1.807) is 4.90 Å². The van der Waals surface area contributed by atoms with Gasteiger partial charge in [0.25, 0.3) is 0 Å². The molecule has 0 bridgehead atoms. The number of carbonyl (C=O) groups is 1. The van der Waals surface area contributed by atoms with Gasteiger partial charge in [-0.3, -0.25) is 0 Å². The highest BCUT2D eigenvalue weighted by molar-refractivity contribution is 6.30. The molecule has 1 fully saturated rings. The number of nitrogens with zero attached hydrogens (tertiary/aromatic N) is 3. The van der Waals surface area contributed by atoms with E-state index in [9.17, 15) is 4.79 Å². The number of rotatable bonds is 6. The van der Waals surface area contributed by atoms with Gasteiger partial charge in [0, 0.05) is 51.3 Å². The van der Waals surface area contributed by atoms with Crippen molar-refractivity contribution < 1.29 is 4.79 Å². The molecule has 0 unspecified atom stereocenters. The molecule has 0 radical (unpaired) electrons. The number of hydrogen-bond donors (Lipinski definition) is 1. The van der Waals surface area contributed by atoms with Crippen molar-refractivity contribution >= 4 is 17.6 Å². The fourth-order valence-electron chi connectivity index (χ4n) is 2.62. The number of nitrogens with one attached hydrogen (secondary N) is 1. The van der Waals surface area contributed by atoms with Crippen molar-refractivity contribution in [1.82, 2.24) is 20.0 Å². The largest absolute Gasteiger partial charge is 0.334 e. The molecule has 0 spiro atoms. The molecule has 6 heteroatoms. The topological polar surface area (TPSA) is 38.8 Å². The Bertz CT molecular complexity index is 486. The van der Waals surface area contributed by atoms with Crippen LogP contribution in [0.3, 0.4) is 0 Å². The second kappa shape index (κ2) is 9.11. The van der Waals surface area contributed by atoms with Crippen LogP contribution in [0.1, 0.15) is 12.0 Å². The minimum Gasteiger partial charge on any atom is -0.334 e. The van der Waals surface area contributed by atoms with E-state index < -0.39 is 0 Å². The number of carbonyl (C=O) groups excluding carboxylic acids is 1. The zero-order valence-electron chi connectivity index (χ0n) is 14.1. The van der Waals surface area contributed by atoms with Crippen LogP contribution in [-0.4, -0.2) is 74.1 Å². The van der Waals surface area contributed by atoms with Gasteiger partial charge in [-0.05, 0) is 37.7 Å². The van der Waals surface area contributed by atoms with Crippen molar-refractivity contribution in [1.29, 1.82) is 0 Å². The molecule has 1 aromatic carbocycles. The monoisotopic (exact) mass is 338 g/mol. The van der Waals surface area contributed by atoms with Crippen molar-refractivity contribution in [3.63, 3.8) is 0 Å². The van der Waals surface area contributed by atoms with E-state index in [-0.39, 0.29) is 6.03 Å². The summed E-state index contributed by atoms with van der Waals surface area (Å²) >= 11 is 5.85. The van der Waals surface area contributed by atoms with Crippen LogP contribution in [0.2, 0.25) is 5.02 Å². The fourth-order valence-corrected chi connectivity index (χ4v) is 2.75. The second-order valence-corrected chi connectivity index (χ2v) is 6.64. The summed E-state index contributed by atoms with van der Waals surface area (Å²) in [6.45, 7) is 6.89. The normalized spacial score (nSPS) is 16.3. The van der Waals surface area contributed by atoms with Gasteiger partial charge in [0.1, 0.15) is 0 Å². The predicted molar refractivity (Wildman–Crippen MR) is 94.9 cm³/mol. The van der Waals surface area contributed by atoms with Crippen LogP contribution < -0.4 is 5.32 Å². The summed E-state index contributed by atoms with van der Waals surface area (Å²) in [6.07, 6.45) is 1.01. The number of likely N-dealkylation sites (N-methyl/N-ethyl adjacent to an activating group) is 1. The van der Waals surface area contributed by atoms with Gasteiger partial charge in [0.15, 0.2) is 0 Å². The molecule has 1 N–H and O–H groups in total. The van der Waals surface area contributed by atoms with Gasteiger partial charge in [-0.25, -0.2) is 4.79 Å². The van der Waals surface area contributed by atoms with Crippen LogP contribution in [0, 0.1) is 0 Å². The maximum Gasteiger partial charge on any atom is 0.317 e. The summed E-state index contributed by atoms with van der Waals surface area (Å²) in [5.74, 6) is 0. The molecule has 2 amide bonds. The first-order valence-corrected chi connectivity index (χ1v) is 8.56. The van der Waals surface area contributed by atoms with Crippen LogP contribution in [-0.2, 0) is 6.54 Å². The number of urea groups is 1. The standard InChI is InChI=1S/C17H27ClN4O/c1-20-10-12-22(13-11-20)9-3-8-21(2)17(23)19-14-15-4-6-16(18)7-5-15/h4-7H,3,8-14H2,1-2H3,(H,19,23). The number of halogens is 1. The second-order valence-electron chi connectivity index (χ2n) is 6.21. The Kier molecular flexibility index (Phi) is 7.15. The molecular weight excluding hydrogens is 312 g/mol. The van der Waals surface area contributed by atoms with Gasteiger partial charge < -0.3 is 20.0 Å². The molecule has 1 aliphatic rings. The summed E-state index contributed by atoms with van der Waals surface area (Å²) in [5, 5.41) is 3.65. The predicted octanol–water partition coefficient (Wildman–Crippen LogP) is 2.12. The molecule has 23 heavy (non-hydrogen) atoms. The Balaban J connectivity index is 1.61. The maximum absolute atomic E-state index is 12.1. The Morgan fingerprint density at radius 2 is 1.87 bits per heavy atom. The van der Waals surface area contributed by atoms with E-state index in [0.717, 1.165) is 51.3 Å². The molecule has 0 aromatic heterocycles. The first-order chi connectivity index (χ1) is 11.0. The summed E-state index contributed by atoms with van der Waals surface area (Å²) in [7, 11) is 4.01. The molecule has 1 saturated heterocycles. The number of piperazine rings is 1. The van der Waals surface area contributed by atoms with Gasteiger partial charge in [-0.15, -0.1) is 0 Å². The van der Waals surface area contributed by atoms with Crippen molar-refractivity contribution in [2.75, 3.05) is 53.4 Å². The molecule has 128 valence electrons. The molecule has 2 rings (SSSR count). The molecule has 5 nitrogen and oxygen atoms in total. The SMILES string of the molecule is CN1CCN(CCCN(C)C(=O)NCc2ccc(Cl)cc2)CC1. The quantitative estimate of drug-likeness (QED) is 0.863. The Hall–Kier alpha value is -1.30. The van der Waals surface area contributed by atoms with Gasteiger partial charge in [-0.1, -0.05) is 23.7 Å². The lowest BCUT2D eigenvalue weighted by atomic mass is 10.2. The zero-order chi connectivity index (χ0) is 16.7. The first-order valence-electron chi connectivity index (χ1n) is 8.19. The third-order valence-electron chi connectivity index (χ3n) is 4.27. The molecule has 1 aromatic rings. The van der Waals surface area contributed by atoms with E-state index in [1.807, 2.05) is 31.3 Å². The average Bonchev–Trinajstić information content (AvgIpc) is 2.55. The van der Waals surface area contributed by atoms with Crippen LogP contribution in [0.25, 0.3) is 0 Å². The first kappa shape index (κ1) is 18.0. The maximum atomic E-state index is 12.1. The van der Waals surface area contributed by atoms with Gasteiger partial charge in [0.05, 0.1) is 0 Å². The average molecular weight is 339 g/mol. The molecule has 0 atom stereocenters. The molecule has 1 heterocycles. The lowest BCUT2D eigenvalue weighted by Gasteiger charge is -2.32. The highest BCUT2D eigenvalue weighted by atomic mass is 35.5. The molecule has 0 saturated carbocycles. The van der Waals surface area contributed by atoms with E-state index in [4.69, 9.17) is 11.6 Å². The summed E-state index contributed by atoms with van der Waals surface area (Å²) in [5.41, 5.74) is 1.05. The number of amides is 2. The summed E-state index contributed by atoms with van der Waals surface area (Å²) in [4.78, 5) is 18.7. The third kappa shape index (κ3) is 6.37. The lowest BCUT2D eigenvalue weighted by molar-refractivity contribution is 0.148. The summed E-state index contributed by atoms with van der Waals surface area (Å²) in [6, 6.07) is 7.50. The minimum atomic E-state index is -0.0293. The molecule has 1 aliphatic heterocycles. The van der Waals surface area contributed by atoms with Crippen molar-refractivity contribution in [3.8, 4) is 0 Å². The van der Waals surface area contributed by atoms with Crippen molar-refractivity contribution in [3.05, 3.63) is 34.9 Å². The van der Waals surface area contributed by atoms with Crippen molar-refractivity contribution in [2.45, 2.75) is 13.0 Å². The Morgan fingerprint density at radius 3 is 2.52 bits per heavy atom. The highest BCUT2D eigenvalue weighted by Crippen LogP contribution is 2.09. The molecule has 0 aliphatic carbocycles. The van der Waals surface area contributed by atoms with Crippen LogP contribution in [0.5, 0.6) is 0 Å². The summed E-state index contributed by atoms with van der Waals surface area (Å²) < 4.78 is 0. The van der Waals surface area contributed by atoms with Crippen LogP contribution in [0.4, 0.5) is 4.79 Å².